The second kappa shape index (κ2) is 7.76. The van der Waals surface area contributed by atoms with Crippen molar-refractivity contribution in [1.82, 2.24) is 14.3 Å². The molecular formula is C23H20N4O2S. The highest BCUT2D eigenvalue weighted by molar-refractivity contribution is 7.12. The summed E-state index contributed by atoms with van der Waals surface area (Å²) >= 11 is 1.41. The fourth-order valence-corrected chi connectivity index (χ4v) is 4.53. The van der Waals surface area contributed by atoms with Crippen LogP contribution in [0.3, 0.4) is 0 Å². The van der Waals surface area contributed by atoms with Gasteiger partial charge in [-0.3, -0.25) is 9.59 Å². The molecule has 5 rings (SSSR count). The SMILES string of the molecule is O=C(Nc1ccc(-c2cn3ccccc3n2)cc1)[C@H]1CCCN1C(=O)c1cccs1. The summed E-state index contributed by atoms with van der Waals surface area (Å²) < 4.78 is 1.98. The third kappa shape index (κ3) is 3.48. The maximum atomic E-state index is 12.9. The Balaban J connectivity index is 1.29. The first-order chi connectivity index (χ1) is 14.7. The molecule has 0 radical (unpaired) electrons. The van der Waals surface area contributed by atoms with Gasteiger partial charge in [-0.05, 0) is 48.6 Å². The molecule has 7 heteroatoms. The van der Waals surface area contributed by atoms with Crippen molar-refractivity contribution in [3.8, 4) is 11.3 Å². The molecule has 0 aliphatic carbocycles. The van der Waals surface area contributed by atoms with Gasteiger partial charge in [-0.15, -0.1) is 11.3 Å². The number of aromatic nitrogens is 2. The number of anilines is 1. The first kappa shape index (κ1) is 18.6. The molecule has 4 heterocycles. The van der Waals surface area contributed by atoms with Gasteiger partial charge in [0.1, 0.15) is 11.7 Å². The molecule has 150 valence electrons. The first-order valence-electron chi connectivity index (χ1n) is 9.88. The maximum Gasteiger partial charge on any atom is 0.264 e. The van der Waals surface area contributed by atoms with E-state index in [9.17, 15) is 9.59 Å². The van der Waals surface area contributed by atoms with Crippen LogP contribution >= 0.6 is 11.3 Å². The number of hydrogen-bond donors (Lipinski definition) is 1. The van der Waals surface area contributed by atoms with Gasteiger partial charge in [0.15, 0.2) is 0 Å². The van der Waals surface area contributed by atoms with E-state index in [-0.39, 0.29) is 11.8 Å². The number of fused-ring (bicyclic) bond motifs is 1. The number of amides is 2. The zero-order valence-corrected chi connectivity index (χ0v) is 17.0. The number of nitrogens with zero attached hydrogens (tertiary/aromatic N) is 3. The van der Waals surface area contributed by atoms with Crippen molar-refractivity contribution in [1.29, 1.82) is 0 Å². The lowest BCUT2D eigenvalue weighted by Gasteiger charge is -2.23. The van der Waals surface area contributed by atoms with Crippen LogP contribution in [0.15, 0.2) is 72.4 Å². The largest absolute Gasteiger partial charge is 0.326 e. The van der Waals surface area contributed by atoms with Crippen LogP contribution in [-0.2, 0) is 4.79 Å². The highest BCUT2D eigenvalue weighted by Gasteiger charge is 2.34. The van der Waals surface area contributed by atoms with Gasteiger partial charge in [0, 0.05) is 30.2 Å². The Labute approximate surface area is 177 Å². The third-order valence-electron chi connectivity index (χ3n) is 5.36. The molecule has 0 spiro atoms. The minimum Gasteiger partial charge on any atom is -0.326 e. The monoisotopic (exact) mass is 416 g/mol. The van der Waals surface area contributed by atoms with Gasteiger partial charge in [-0.1, -0.05) is 24.3 Å². The minimum atomic E-state index is -0.433. The standard InChI is InChI=1S/C23H20N4O2S/c28-22(19-5-3-13-27(19)23(29)20-6-4-14-30-20)24-17-10-8-16(9-11-17)18-15-26-12-2-1-7-21(26)25-18/h1-2,4,6-12,14-15,19H,3,5,13H2,(H,24,28)/t19-/m1/s1. The summed E-state index contributed by atoms with van der Waals surface area (Å²) in [6.45, 7) is 0.613. The number of hydrogen-bond acceptors (Lipinski definition) is 4. The molecule has 0 bridgehead atoms. The van der Waals surface area contributed by atoms with Crippen molar-refractivity contribution in [2.45, 2.75) is 18.9 Å². The normalized spacial score (nSPS) is 16.1. The zero-order valence-electron chi connectivity index (χ0n) is 16.2. The van der Waals surface area contributed by atoms with Crippen LogP contribution < -0.4 is 5.32 Å². The van der Waals surface area contributed by atoms with Gasteiger partial charge in [-0.25, -0.2) is 4.98 Å². The Kier molecular flexibility index (Phi) is 4.80. The summed E-state index contributed by atoms with van der Waals surface area (Å²) in [7, 11) is 0. The first-order valence-corrected chi connectivity index (χ1v) is 10.8. The topological polar surface area (TPSA) is 66.7 Å². The van der Waals surface area contributed by atoms with Crippen LogP contribution in [0.1, 0.15) is 22.5 Å². The Morgan fingerprint density at radius 2 is 1.93 bits per heavy atom. The van der Waals surface area contributed by atoms with Gasteiger partial charge < -0.3 is 14.6 Å². The molecule has 0 unspecified atom stereocenters. The molecule has 1 saturated heterocycles. The van der Waals surface area contributed by atoms with E-state index in [2.05, 4.69) is 10.3 Å². The Morgan fingerprint density at radius 1 is 1.07 bits per heavy atom. The van der Waals surface area contributed by atoms with Gasteiger partial charge in [0.05, 0.1) is 10.6 Å². The van der Waals surface area contributed by atoms with Gasteiger partial charge in [-0.2, -0.15) is 0 Å². The van der Waals surface area contributed by atoms with Crippen molar-refractivity contribution in [3.63, 3.8) is 0 Å². The van der Waals surface area contributed by atoms with E-state index >= 15 is 0 Å². The van der Waals surface area contributed by atoms with Crippen LogP contribution in [0, 0.1) is 0 Å². The lowest BCUT2D eigenvalue weighted by Crippen LogP contribution is -2.42. The van der Waals surface area contributed by atoms with Crippen molar-refractivity contribution in [3.05, 3.63) is 77.2 Å². The molecule has 1 aromatic carbocycles. The average Bonchev–Trinajstić information content (AvgIpc) is 3.54. The molecule has 1 fully saturated rings. The van der Waals surface area contributed by atoms with Crippen molar-refractivity contribution < 1.29 is 9.59 Å². The minimum absolute atomic E-state index is 0.0650. The summed E-state index contributed by atoms with van der Waals surface area (Å²) in [5, 5.41) is 4.84. The number of pyridine rings is 1. The van der Waals surface area contributed by atoms with Crippen LogP contribution in [-0.4, -0.2) is 38.7 Å². The number of imidazole rings is 1. The smallest absolute Gasteiger partial charge is 0.264 e. The predicted molar refractivity (Wildman–Crippen MR) is 118 cm³/mol. The van der Waals surface area contributed by atoms with Crippen LogP contribution in [0.2, 0.25) is 0 Å². The summed E-state index contributed by atoms with van der Waals surface area (Å²) in [5.41, 5.74) is 3.46. The van der Waals surface area contributed by atoms with Crippen molar-refractivity contribution in [2.75, 3.05) is 11.9 Å². The quantitative estimate of drug-likeness (QED) is 0.539. The van der Waals surface area contributed by atoms with E-state index in [1.807, 2.05) is 70.7 Å². The fourth-order valence-electron chi connectivity index (χ4n) is 3.85. The highest BCUT2D eigenvalue weighted by Crippen LogP contribution is 2.25. The molecule has 6 nitrogen and oxygen atoms in total. The van der Waals surface area contributed by atoms with E-state index in [1.165, 1.54) is 11.3 Å². The van der Waals surface area contributed by atoms with Crippen LogP contribution in [0.4, 0.5) is 5.69 Å². The average molecular weight is 417 g/mol. The molecule has 4 aromatic rings. The summed E-state index contributed by atoms with van der Waals surface area (Å²) in [6, 6.07) is 16.7. The number of likely N-dealkylation sites (tertiary alicyclic amines) is 1. The maximum absolute atomic E-state index is 12.9. The molecule has 1 aliphatic rings. The summed E-state index contributed by atoms with van der Waals surface area (Å²) in [6.07, 6.45) is 5.46. The Bertz CT molecular complexity index is 1160. The van der Waals surface area contributed by atoms with E-state index in [4.69, 9.17) is 0 Å². The van der Waals surface area contributed by atoms with Crippen LogP contribution in [0.25, 0.3) is 16.9 Å². The molecule has 1 aliphatic heterocycles. The van der Waals surface area contributed by atoms with E-state index in [1.54, 1.807) is 11.0 Å². The molecule has 2 amide bonds. The van der Waals surface area contributed by atoms with Crippen LogP contribution in [0.5, 0.6) is 0 Å². The summed E-state index contributed by atoms with van der Waals surface area (Å²) in [4.78, 5) is 32.5. The Morgan fingerprint density at radius 3 is 2.70 bits per heavy atom. The molecule has 1 N–H and O–H groups in total. The van der Waals surface area contributed by atoms with E-state index in [0.29, 0.717) is 23.5 Å². The zero-order chi connectivity index (χ0) is 20.5. The number of nitrogens with one attached hydrogen (secondary N) is 1. The summed E-state index contributed by atoms with van der Waals surface area (Å²) in [5.74, 6) is -0.206. The molecule has 3 aromatic heterocycles. The lowest BCUT2D eigenvalue weighted by atomic mass is 10.1. The highest BCUT2D eigenvalue weighted by atomic mass is 32.1. The molecule has 30 heavy (non-hydrogen) atoms. The fraction of sp³-hybridized carbons (Fsp3) is 0.174. The van der Waals surface area contributed by atoms with Gasteiger partial charge >= 0.3 is 0 Å². The van der Waals surface area contributed by atoms with Gasteiger partial charge in [0.25, 0.3) is 5.91 Å². The number of rotatable bonds is 4. The Hall–Kier alpha value is -3.45. The second-order valence-corrected chi connectivity index (χ2v) is 8.24. The van der Waals surface area contributed by atoms with E-state index in [0.717, 1.165) is 23.3 Å². The van der Waals surface area contributed by atoms with Gasteiger partial charge in [0.2, 0.25) is 5.91 Å². The predicted octanol–water partition coefficient (Wildman–Crippen LogP) is 4.31. The molecule has 1 atom stereocenters. The number of carbonyl (C=O) groups excluding carboxylic acids is 2. The number of carbonyl (C=O) groups is 2. The number of thiophene rings is 1. The number of benzene rings is 1. The molecule has 0 saturated carbocycles. The van der Waals surface area contributed by atoms with Crippen molar-refractivity contribution in [2.24, 2.45) is 0 Å². The van der Waals surface area contributed by atoms with Crippen molar-refractivity contribution >= 4 is 34.5 Å². The molecular weight excluding hydrogens is 396 g/mol. The lowest BCUT2D eigenvalue weighted by molar-refractivity contribution is -0.119. The second-order valence-electron chi connectivity index (χ2n) is 7.29. The van der Waals surface area contributed by atoms with E-state index < -0.39 is 6.04 Å². The third-order valence-corrected chi connectivity index (χ3v) is 6.22.